The topological polar surface area (TPSA) is 38.5 Å². The highest BCUT2D eigenvalue weighted by Gasteiger charge is 2.18. The van der Waals surface area contributed by atoms with E-state index in [4.69, 9.17) is 10.5 Å². The van der Waals surface area contributed by atoms with Crippen molar-refractivity contribution in [1.82, 2.24) is 4.90 Å². The lowest BCUT2D eigenvalue weighted by molar-refractivity contribution is -0.00636. The van der Waals surface area contributed by atoms with E-state index in [9.17, 15) is 0 Å². The number of ether oxygens (including phenoxy) is 1. The van der Waals surface area contributed by atoms with Gasteiger partial charge in [0.1, 0.15) is 0 Å². The molecule has 1 heterocycles. The van der Waals surface area contributed by atoms with Gasteiger partial charge in [-0.3, -0.25) is 0 Å². The van der Waals surface area contributed by atoms with Crippen molar-refractivity contribution in [2.45, 2.75) is 45.3 Å². The molecule has 1 fully saturated rings. The summed E-state index contributed by atoms with van der Waals surface area (Å²) in [5.74, 6) is 0. The van der Waals surface area contributed by atoms with E-state index in [-0.39, 0.29) is 5.60 Å². The van der Waals surface area contributed by atoms with Crippen molar-refractivity contribution in [2.24, 2.45) is 5.73 Å². The van der Waals surface area contributed by atoms with E-state index in [2.05, 4.69) is 25.7 Å². The first-order valence-electron chi connectivity index (χ1n) is 5.59. The maximum atomic E-state index is 5.83. The third-order valence-electron chi connectivity index (χ3n) is 2.46. The summed E-state index contributed by atoms with van der Waals surface area (Å²) in [6, 6.07) is 0.401. The van der Waals surface area contributed by atoms with E-state index in [1.807, 2.05) is 0 Å². The van der Waals surface area contributed by atoms with Gasteiger partial charge in [0.25, 0.3) is 0 Å². The Bertz CT molecular complexity index is 165. The van der Waals surface area contributed by atoms with Gasteiger partial charge in [0.05, 0.1) is 5.60 Å². The molecule has 0 amide bonds. The minimum Gasteiger partial charge on any atom is -0.376 e. The molecule has 0 radical (unpaired) electrons. The summed E-state index contributed by atoms with van der Waals surface area (Å²) in [6.45, 7) is 10.5. The summed E-state index contributed by atoms with van der Waals surface area (Å²) in [6.07, 6.45) is 2.27. The smallest absolute Gasteiger partial charge is 0.0598 e. The minimum atomic E-state index is 0.00140. The van der Waals surface area contributed by atoms with Gasteiger partial charge in [-0.2, -0.15) is 0 Å². The Morgan fingerprint density at radius 1 is 1.43 bits per heavy atom. The molecule has 0 bridgehead atoms. The molecule has 0 spiro atoms. The van der Waals surface area contributed by atoms with E-state index < -0.39 is 0 Å². The van der Waals surface area contributed by atoms with Gasteiger partial charge in [-0.05, 0) is 40.2 Å². The molecule has 2 N–H and O–H groups in total. The molecule has 0 saturated carbocycles. The Morgan fingerprint density at radius 2 is 2.14 bits per heavy atom. The molecule has 84 valence electrons. The maximum Gasteiger partial charge on any atom is 0.0598 e. The predicted octanol–water partition coefficient (Wildman–Crippen LogP) is 1.22. The quantitative estimate of drug-likeness (QED) is 0.694. The third-order valence-corrected chi connectivity index (χ3v) is 2.46. The minimum absolute atomic E-state index is 0.00140. The van der Waals surface area contributed by atoms with Crippen LogP contribution in [0.2, 0.25) is 0 Å². The predicted molar refractivity (Wildman–Crippen MR) is 59.4 cm³/mol. The van der Waals surface area contributed by atoms with Crippen LogP contribution in [0.3, 0.4) is 0 Å². The highest BCUT2D eigenvalue weighted by molar-refractivity contribution is 4.77. The molecular weight excluding hydrogens is 176 g/mol. The van der Waals surface area contributed by atoms with E-state index in [0.29, 0.717) is 6.04 Å². The van der Waals surface area contributed by atoms with Crippen LogP contribution in [-0.4, -0.2) is 42.8 Å². The Hall–Kier alpha value is -0.120. The van der Waals surface area contributed by atoms with Gasteiger partial charge in [-0.1, -0.05) is 0 Å². The lowest BCUT2D eigenvalue weighted by Crippen LogP contribution is -2.28. The summed E-state index contributed by atoms with van der Waals surface area (Å²) in [5, 5.41) is 0. The second-order valence-corrected chi connectivity index (χ2v) is 5.16. The summed E-state index contributed by atoms with van der Waals surface area (Å²) in [5.41, 5.74) is 5.83. The number of likely N-dealkylation sites (tertiary alicyclic amines) is 1. The molecule has 3 heteroatoms. The van der Waals surface area contributed by atoms with Crippen molar-refractivity contribution in [3.8, 4) is 0 Å². The van der Waals surface area contributed by atoms with Crippen LogP contribution < -0.4 is 5.73 Å². The fourth-order valence-electron chi connectivity index (χ4n) is 1.73. The number of hydrogen-bond acceptors (Lipinski definition) is 3. The van der Waals surface area contributed by atoms with Crippen LogP contribution in [0.4, 0.5) is 0 Å². The fraction of sp³-hybridized carbons (Fsp3) is 1.00. The molecule has 0 aromatic heterocycles. The molecule has 1 saturated heterocycles. The Balaban J connectivity index is 1.99. The average Bonchev–Trinajstić information content (AvgIpc) is 2.44. The number of hydrogen-bond donors (Lipinski definition) is 1. The van der Waals surface area contributed by atoms with Crippen LogP contribution in [0.1, 0.15) is 33.6 Å². The van der Waals surface area contributed by atoms with Crippen LogP contribution >= 0.6 is 0 Å². The number of nitrogens with two attached hydrogens (primary N) is 1. The van der Waals surface area contributed by atoms with Crippen LogP contribution in [-0.2, 0) is 4.74 Å². The zero-order valence-corrected chi connectivity index (χ0v) is 9.75. The number of nitrogens with zero attached hydrogens (tertiary/aromatic N) is 1. The van der Waals surface area contributed by atoms with Gasteiger partial charge in [0.2, 0.25) is 0 Å². The van der Waals surface area contributed by atoms with Gasteiger partial charge in [-0.15, -0.1) is 0 Å². The van der Waals surface area contributed by atoms with Crippen LogP contribution in [0.25, 0.3) is 0 Å². The summed E-state index contributed by atoms with van der Waals surface area (Å²) in [7, 11) is 0. The first-order valence-corrected chi connectivity index (χ1v) is 5.59. The van der Waals surface area contributed by atoms with Gasteiger partial charge in [0.15, 0.2) is 0 Å². The highest BCUT2D eigenvalue weighted by Crippen LogP contribution is 2.09. The van der Waals surface area contributed by atoms with Crippen molar-refractivity contribution in [2.75, 3.05) is 26.2 Å². The van der Waals surface area contributed by atoms with Crippen LogP contribution in [0.5, 0.6) is 0 Å². The lowest BCUT2D eigenvalue weighted by atomic mass is 10.2. The van der Waals surface area contributed by atoms with Crippen molar-refractivity contribution < 1.29 is 4.74 Å². The molecule has 1 aliphatic rings. The molecule has 0 aliphatic carbocycles. The zero-order valence-electron chi connectivity index (χ0n) is 9.75. The Kier molecular flexibility index (Phi) is 4.35. The molecule has 1 atom stereocenters. The molecular formula is C11H24N2O. The SMILES string of the molecule is CC(C)(C)OCCCN1CC[C@@H](N)C1. The van der Waals surface area contributed by atoms with Crippen LogP contribution in [0.15, 0.2) is 0 Å². The fourth-order valence-corrected chi connectivity index (χ4v) is 1.73. The summed E-state index contributed by atoms with van der Waals surface area (Å²) < 4.78 is 5.66. The second-order valence-electron chi connectivity index (χ2n) is 5.16. The van der Waals surface area contributed by atoms with Crippen molar-refractivity contribution in [3.05, 3.63) is 0 Å². The largest absolute Gasteiger partial charge is 0.376 e. The monoisotopic (exact) mass is 200 g/mol. The number of rotatable bonds is 4. The van der Waals surface area contributed by atoms with Crippen LogP contribution in [0, 0.1) is 0 Å². The van der Waals surface area contributed by atoms with Crippen molar-refractivity contribution >= 4 is 0 Å². The van der Waals surface area contributed by atoms with E-state index >= 15 is 0 Å². The van der Waals surface area contributed by atoms with E-state index in [1.165, 1.54) is 0 Å². The third kappa shape index (κ3) is 4.94. The molecule has 0 aromatic carbocycles. The normalized spacial score (nSPS) is 24.4. The van der Waals surface area contributed by atoms with Gasteiger partial charge in [0, 0.05) is 25.7 Å². The molecule has 14 heavy (non-hydrogen) atoms. The average molecular weight is 200 g/mol. The molecule has 1 aliphatic heterocycles. The summed E-state index contributed by atoms with van der Waals surface area (Å²) in [4.78, 5) is 2.43. The molecule has 0 unspecified atom stereocenters. The highest BCUT2D eigenvalue weighted by atomic mass is 16.5. The standard InChI is InChI=1S/C11H24N2O/c1-11(2,3)14-8-4-6-13-7-5-10(12)9-13/h10H,4-9,12H2,1-3H3/t10-/m1/s1. The molecule has 0 aromatic rings. The molecule has 1 rings (SSSR count). The van der Waals surface area contributed by atoms with E-state index in [1.54, 1.807) is 0 Å². The Morgan fingerprint density at radius 3 is 2.64 bits per heavy atom. The first kappa shape index (κ1) is 12.0. The first-order chi connectivity index (χ1) is 6.47. The van der Waals surface area contributed by atoms with Gasteiger partial charge >= 0.3 is 0 Å². The summed E-state index contributed by atoms with van der Waals surface area (Å²) >= 11 is 0. The zero-order chi connectivity index (χ0) is 10.6. The van der Waals surface area contributed by atoms with Gasteiger partial charge < -0.3 is 15.4 Å². The lowest BCUT2D eigenvalue weighted by Gasteiger charge is -2.21. The van der Waals surface area contributed by atoms with Crippen molar-refractivity contribution in [1.29, 1.82) is 0 Å². The van der Waals surface area contributed by atoms with Gasteiger partial charge in [-0.25, -0.2) is 0 Å². The van der Waals surface area contributed by atoms with Crippen molar-refractivity contribution in [3.63, 3.8) is 0 Å². The van der Waals surface area contributed by atoms with E-state index in [0.717, 1.165) is 39.1 Å². The molecule has 3 nitrogen and oxygen atoms in total. The Labute approximate surface area is 87.6 Å². The second kappa shape index (κ2) is 5.10. The maximum absolute atomic E-state index is 5.83.